The van der Waals surface area contributed by atoms with Crippen molar-refractivity contribution < 1.29 is 19.4 Å². The van der Waals surface area contributed by atoms with Crippen molar-refractivity contribution in [3.63, 3.8) is 0 Å². The fourth-order valence-electron chi connectivity index (χ4n) is 1.40. The molecule has 18 heavy (non-hydrogen) atoms. The van der Waals surface area contributed by atoms with Crippen LogP contribution in [0, 0.1) is 0 Å². The number of nitrogens with two attached hydrogens (primary N) is 1. The molecule has 0 aromatic heterocycles. The van der Waals surface area contributed by atoms with E-state index in [2.05, 4.69) is 4.74 Å². The van der Waals surface area contributed by atoms with Crippen LogP contribution in [0.15, 0.2) is 18.2 Å². The highest BCUT2D eigenvalue weighted by Gasteiger charge is 2.17. The Labute approximate surface area is 105 Å². The standard InChI is InChI=1S/C12H16N2O4/c1-14(7-6-10(15)18-2)12(17)8-4-3-5-9(13)11(8)16/h3-5,16H,6-7,13H2,1-2H3. The second kappa shape index (κ2) is 5.90. The summed E-state index contributed by atoms with van der Waals surface area (Å²) in [6, 6.07) is 4.56. The highest BCUT2D eigenvalue weighted by Crippen LogP contribution is 2.25. The zero-order chi connectivity index (χ0) is 13.7. The van der Waals surface area contributed by atoms with Gasteiger partial charge in [0.05, 0.1) is 24.8 Å². The van der Waals surface area contributed by atoms with Crippen molar-refractivity contribution in [1.29, 1.82) is 0 Å². The Hall–Kier alpha value is -2.24. The summed E-state index contributed by atoms with van der Waals surface area (Å²) in [6.45, 7) is 0.208. The lowest BCUT2D eigenvalue weighted by atomic mass is 10.1. The average molecular weight is 252 g/mol. The molecule has 0 aliphatic carbocycles. The molecule has 0 fully saturated rings. The number of anilines is 1. The number of hydrogen-bond acceptors (Lipinski definition) is 5. The van der Waals surface area contributed by atoms with Crippen molar-refractivity contribution in [3.8, 4) is 5.75 Å². The minimum absolute atomic E-state index is 0.0990. The summed E-state index contributed by atoms with van der Waals surface area (Å²) in [4.78, 5) is 24.3. The molecule has 1 rings (SSSR count). The number of aromatic hydroxyl groups is 1. The molecule has 0 unspecified atom stereocenters. The molecule has 0 saturated carbocycles. The maximum Gasteiger partial charge on any atom is 0.307 e. The van der Waals surface area contributed by atoms with Gasteiger partial charge in [-0.1, -0.05) is 6.07 Å². The fourth-order valence-corrected chi connectivity index (χ4v) is 1.40. The first kappa shape index (κ1) is 13.8. The number of amides is 1. The largest absolute Gasteiger partial charge is 0.505 e. The number of carbonyl (C=O) groups excluding carboxylic acids is 2. The first-order chi connectivity index (χ1) is 8.47. The monoisotopic (exact) mass is 252 g/mol. The van der Waals surface area contributed by atoms with Gasteiger partial charge in [-0.3, -0.25) is 9.59 Å². The summed E-state index contributed by atoms with van der Waals surface area (Å²) in [5.74, 6) is -1.04. The number of para-hydroxylation sites is 1. The molecule has 6 heteroatoms. The number of esters is 1. The van der Waals surface area contributed by atoms with Crippen LogP contribution in [0.25, 0.3) is 0 Å². The molecule has 0 aliphatic heterocycles. The van der Waals surface area contributed by atoms with Crippen molar-refractivity contribution >= 4 is 17.6 Å². The van der Waals surface area contributed by atoms with Gasteiger partial charge >= 0.3 is 5.97 Å². The molecule has 0 aliphatic rings. The summed E-state index contributed by atoms with van der Waals surface area (Å²) in [5.41, 5.74) is 5.76. The van der Waals surface area contributed by atoms with E-state index in [0.29, 0.717) is 0 Å². The van der Waals surface area contributed by atoms with Crippen molar-refractivity contribution in [2.75, 3.05) is 26.4 Å². The lowest BCUT2D eigenvalue weighted by molar-refractivity contribution is -0.140. The van der Waals surface area contributed by atoms with Gasteiger partial charge in [-0.05, 0) is 12.1 Å². The Kier molecular flexibility index (Phi) is 4.53. The Balaban J connectivity index is 2.74. The predicted octanol–water partition coefficient (Wildman–Crippen LogP) is 0.609. The van der Waals surface area contributed by atoms with Crippen LogP contribution in [-0.4, -0.2) is 42.6 Å². The van der Waals surface area contributed by atoms with Gasteiger partial charge in [0.25, 0.3) is 5.91 Å². The molecule has 1 amide bonds. The molecular weight excluding hydrogens is 236 g/mol. The van der Waals surface area contributed by atoms with E-state index in [0.717, 1.165) is 0 Å². The molecular formula is C12H16N2O4. The van der Waals surface area contributed by atoms with Crippen LogP contribution >= 0.6 is 0 Å². The fraction of sp³-hybridized carbons (Fsp3) is 0.333. The van der Waals surface area contributed by atoms with E-state index < -0.39 is 11.9 Å². The number of nitrogen functional groups attached to an aromatic ring is 1. The summed E-state index contributed by atoms with van der Waals surface area (Å²) >= 11 is 0. The molecule has 0 spiro atoms. The maximum atomic E-state index is 12.0. The Morgan fingerprint density at radius 3 is 2.72 bits per heavy atom. The maximum absolute atomic E-state index is 12.0. The van der Waals surface area contributed by atoms with Crippen LogP contribution in [0.3, 0.4) is 0 Å². The van der Waals surface area contributed by atoms with Crippen LogP contribution in [0.1, 0.15) is 16.8 Å². The average Bonchev–Trinajstić information content (AvgIpc) is 2.37. The topological polar surface area (TPSA) is 92.9 Å². The second-order valence-electron chi connectivity index (χ2n) is 3.80. The number of carbonyl (C=O) groups is 2. The van der Waals surface area contributed by atoms with Gasteiger partial charge in [-0.25, -0.2) is 0 Å². The number of phenolic OH excluding ortho intramolecular Hbond substituents is 1. The number of ether oxygens (including phenoxy) is 1. The van der Waals surface area contributed by atoms with Gasteiger partial charge < -0.3 is 20.5 Å². The third-order valence-corrected chi connectivity index (χ3v) is 2.52. The lowest BCUT2D eigenvalue weighted by Gasteiger charge is -2.17. The summed E-state index contributed by atoms with van der Waals surface area (Å²) < 4.78 is 4.48. The molecule has 0 bridgehead atoms. The van der Waals surface area contributed by atoms with Crippen LogP contribution < -0.4 is 5.73 Å². The number of nitrogens with zero attached hydrogens (tertiary/aromatic N) is 1. The van der Waals surface area contributed by atoms with E-state index in [9.17, 15) is 14.7 Å². The molecule has 1 aromatic rings. The van der Waals surface area contributed by atoms with E-state index in [1.54, 1.807) is 6.07 Å². The predicted molar refractivity (Wildman–Crippen MR) is 66.1 cm³/mol. The van der Waals surface area contributed by atoms with E-state index >= 15 is 0 Å². The van der Waals surface area contributed by atoms with Crippen molar-refractivity contribution in [3.05, 3.63) is 23.8 Å². The molecule has 0 heterocycles. The number of rotatable bonds is 4. The number of benzene rings is 1. The number of phenols is 1. The zero-order valence-corrected chi connectivity index (χ0v) is 10.3. The summed E-state index contributed by atoms with van der Waals surface area (Å²) in [5, 5.41) is 9.68. The van der Waals surface area contributed by atoms with Crippen LogP contribution in [0.2, 0.25) is 0 Å². The lowest BCUT2D eigenvalue weighted by Crippen LogP contribution is -2.29. The molecule has 0 radical (unpaired) electrons. The highest BCUT2D eigenvalue weighted by atomic mass is 16.5. The quantitative estimate of drug-likeness (QED) is 0.465. The summed E-state index contributed by atoms with van der Waals surface area (Å²) in [7, 11) is 2.82. The first-order valence-corrected chi connectivity index (χ1v) is 5.37. The molecule has 0 atom stereocenters. The van der Waals surface area contributed by atoms with E-state index in [4.69, 9.17) is 5.73 Å². The number of methoxy groups -OCH3 is 1. The normalized spacial score (nSPS) is 9.89. The van der Waals surface area contributed by atoms with Gasteiger partial charge in [0, 0.05) is 13.6 Å². The van der Waals surface area contributed by atoms with Gasteiger partial charge in [-0.2, -0.15) is 0 Å². The molecule has 3 N–H and O–H groups in total. The van der Waals surface area contributed by atoms with Crippen LogP contribution in [0.5, 0.6) is 5.75 Å². The third kappa shape index (κ3) is 3.13. The van der Waals surface area contributed by atoms with Gasteiger partial charge in [-0.15, -0.1) is 0 Å². The van der Waals surface area contributed by atoms with Crippen LogP contribution in [0.4, 0.5) is 5.69 Å². The van der Waals surface area contributed by atoms with Crippen molar-refractivity contribution in [2.24, 2.45) is 0 Å². The van der Waals surface area contributed by atoms with E-state index in [1.807, 2.05) is 0 Å². The Morgan fingerprint density at radius 1 is 1.44 bits per heavy atom. The molecule has 6 nitrogen and oxygen atoms in total. The number of hydrogen-bond donors (Lipinski definition) is 2. The Morgan fingerprint density at radius 2 is 2.11 bits per heavy atom. The summed E-state index contributed by atoms with van der Waals surface area (Å²) in [6.07, 6.45) is 0.0990. The van der Waals surface area contributed by atoms with Gasteiger partial charge in [0.15, 0.2) is 5.75 Å². The third-order valence-electron chi connectivity index (χ3n) is 2.52. The van der Waals surface area contributed by atoms with Gasteiger partial charge in [0.2, 0.25) is 0 Å². The van der Waals surface area contributed by atoms with Crippen molar-refractivity contribution in [2.45, 2.75) is 6.42 Å². The first-order valence-electron chi connectivity index (χ1n) is 5.37. The van der Waals surface area contributed by atoms with Crippen molar-refractivity contribution in [1.82, 2.24) is 4.90 Å². The highest BCUT2D eigenvalue weighted by molar-refractivity contribution is 5.98. The second-order valence-corrected chi connectivity index (χ2v) is 3.80. The Bertz CT molecular complexity index is 459. The SMILES string of the molecule is COC(=O)CCN(C)C(=O)c1cccc(N)c1O. The van der Waals surface area contributed by atoms with E-state index in [-0.39, 0.29) is 30.0 Å². The minimum Gasteiger partial charge on any atom is -0.505 e. The minimum atomic E-state index is -0.399. The molecule has 0 saturated heterocycles. The van der Waals surface area contributed by atoms with Crippen LogP contribution in [-0.2, 0) is 9.53 Å². The van der Waals surface area contributed by atoms with E-state index in [1.165, 1.54) is 31.2 Å². The zero-order valence-electron chi connectivity index (χ0n) is 10.3. The smallest absolute Gasteiger partial charge is 0.307 e. The molecule has 98 valence electrons. The molecule has 1 aromatic carbocycles. The van der Waals surface area contributed by atoms with Gasteiger partial charge in [0.1, 0.15) is 0 Å².